The molecule has 0 atom stereocenters. The third-order valence-corrected chi connectivity index (χ3v) is 6.28. The van der Waals surface area contributed by atoms with Crippen molar-refractivity contribution in [1.82, 2.24) is 15.0 Å². The van der Waals surface area contributed by atoms with Gasteiger partial charge in [0.2, 0.25) is 0 Å². The van der Waals surface area contributed by atoms with Crippen LogP contribution >= 0.6 is 0 Å². The Bertz CT molecular complexity index is 1190. The van der Waals surface area contributed by atoms with Crippen LogP contribution < -0.4 is 4.72 Å². The van der Waals surface area contributed by atoms with Crippen molar-refractivity contribution in [3.63, 3.8) is 0 Å². The molecule has 0 saturated carbocycles. The Morgan fingerprint density at radius 3 is 2.72 bits per heavy atom. The van der Waals surface area contributed by atoms with Gasteiger partial charge in [-0.15, -0.1) is 0 Å². The molecule has 0 bridgehead atoms. The Balaban J connectivity index is 1.58. The number of hydrogen-bond acceptors (Lipinski definition) is 6. The molecular weight excluding hydrogens is 392 g/mol. The van der Waals surface area contributed by atoms with Crippen LogP contribution in [-0.2, 0) is 23.0 Å². The van der Waals surface area contributed by atoms with Gasteiger partial charge in [0, 0.05) is 31.5 Å². The minimum Gasteiger partial charge on any atom is -0.360 e. The molecule has 1 aliphatic heterocycles. The molecule has 150 valence electrons. The van der Waals surface area contributed by atoms with E-state index in [4.69, 9.17) is 4.52 Å². The predicted octanol–water partition coefficient (Wildman–Crippen LogP) is 2.69. The van der Waals surface area contributed by atoms with E-state index in [-0.39, 0.29) is 16.6 Å². The monoisotopic (exact) mass is 412 g/mol. The number of fused-ring (bicyclic) bond motifs is 1. The lowest BCUT2D eigenvalue weighted by Crippen LogP contribution is -2.36. The summed E-state index contributed by atoms with van der Waals surface area (Å²) >= 11 is 0. The molecule has 2 aromatic heterocycles. The molecule has 1 N–H and O–H groups in total. The van der Waals surface area contributed by atoms with E-state index in [0.29, 0.717) is 30.8 Å². The van der Waals surface area contributed by atoms with E-state index in [9.17, 15) is 13.2 Å². The number of carbonyl (C=O) groups excluding carboxylic acids is 1. The number of nitrogens with zero attached hydrogens (tertiary/aromatic N) is 3. The first-order valence-corrected chi connectivity index (χ1v) is 10.6. The van der Waals surface area contributed by atoms with Crippen LogP contribution in [0.3, 0.4) is 0 Å². The number of amides is 1. The van der Waals surface area contributed by atoms with Crippen LogP contribution in [-0.4, -0.2) is 35.9 Å². The Morgan fingerprint density at radius 1 is 1.17 bits per heavy atom. The topological polar surface area (TPSA) is 105 Å². The molecule has 4 rings (SSSR count). The largest absolute Gasteiger partial charge is 0.360 e. The van der Waals surface area contributed by atoms with Crippen LogP contribution in [0, 0.1) is 13.8 Å². The van der Waals surface area contributed by atoms with Crippen molar-refractivity contribution in [3.05, 3.63) is 70.7 Å². The maximum atomic E-state index is 12.9. The third-order valence-electron chi connectivity index (χ3n) is 4.92. The SMILES string of the molecule is Cc1cc(NS(=O)(=O)c2ccc3c(c2)CN(C(=O)c2cnccc2C)CC3)no1. The van der Waals surface area contributed by atoms with Crippen molar-refractivity contribution < 1.29 is 17.7 Å². The summed E-state index contributed by atoms with van der Waals surface area (Å²) in [6.45, 7) is 4.46. The van der Waals surface area contributed by atoms with Crippen molar-refractivity contribution in [2.75, 3.05) is 11.3 Å². The fourth-order valence-corrected chi connectivity index (χ4v) is 4.38. The minimum absolute atomic E-state index is 0.106. The number of hydrogen-bond donors (Lipinski definition) is 1. The second-order valence-electron chi connectivity index (χ2n) is 7.03. The van der Waals surface area contributed by atoms with Crippen molar-refractivity contribution in [2.24, 2.45) is 0 Å². The third kappa shape index (κ3) is 3.86. The fraction of sp³-hybridized carbons (Fsp3) is 0.250. The molecular formula is C20H20N4O4S. The molecule has 0 spiro atoms. The van der Waals surface area contributed by atoms with Gasteiger partial charge in [-0.2, -0.15) is 0 Å². The van der Waals surface area contributed by atoms with Crippen molar-refractivity contribution >= 4 is 21.7 Å². The van der Waals surface area contributed by atoms with Crippen molar-refractivity contribution in [1.29, 1.82) is 0 Å². The lowest BCUT2D eigenvalue weighted by atomic mass is 9.99. The van der Waals surface area contributed by atoms with Gasteiger partial charge in [-0.25, -0.2) is 8.42 Å². The van der Waals surface area contributed by atoms with Crippen LogP contribution in [0.5, 0.6) is 0 Å². The van der Waals surface area contributed by atoms with Gasteiger partial charge in [-0.1, -0.05) is 11.2 Å². The number of aromatic nitrogens is 2. The first-order valence-electron chi connectivity index (χ1n) is 9.11. The summed E-state index contributed by atoms with van der Waals surface area (Å²) in [4.78, 5) is 18.8. The summed E-state index contributed by atoms with van der Waals surface area (Å²) in [5.41, 5.74) is 3.26. The molecule has 1 aromatic carbocycles. The first kappa shape index (κ1) is 19.1. The molecule has 0 aliphatic carbocycles. The van der Waals surface area contributed by atoms with Gasteiger partial charge >= 0.3 is 0 Å². The van der Waals surface area contributed by atoms with Crippen molar-refractivity contribution in [3.8, 4) is 0 Å². The van der Waals surface area contributed by atoms with Gasteiger partial charge in [-0.3, -0.25) is 14.5 Å². The zero-order chi connectivity index (χ0) is 20.6. The van der Waals surface area contributed by atoms with Gasteiger partial charge in [-0.05, 0) is 55.2 Å². The summed E-state index contributed by atoms with van der Waals surface area (Å²) in [6, 6.07) is 8.28. The smallest absolute Gasteiger partial charge is 0.263 e. The highest BCUT2D eigenvalue weighted by Crippen LogP contribution is 2.25. The van der Waals surface area contributed by atoms with Gasteiger partial charge in [0.25, 0.3) is 15.9 Å². The highest BCUT2D eigenvalue weighted by atomic mass is 32.2. The molecule has 9 heteroatoms. The van der Waals surface area contributed by atoms with Crippen molar-refractivity contribution in [2.45, 2.75) is 31.7 Å². The standard InChI is InChI=1S/C20H20N4O4S/c1-13-5-7-21-11-18(13)20(25)24-8-6-15-3-4-17(10-16(15)12-24)29(26,27)23-19-9-14(2)28-22-19/h3-5,7,9-11H,6,8,12H2,1-2H3,(H,22,23). The van der Waals surface area contributed by atoms with E-state index in [2.05, 4.69) is 14.9 Å². The van der Waals surface area contributed by atoms with Crippen LogP contribution in [0.1, 0.15) is 32.8 Å². The van der Waals surface area contributed by atoms with Gasteiger partial charge in [0.05, 0.1) is 10.5 Å². The van der Waals surface area contributed by atoms with Gasteiger partial charge in [0.1, 0.15) is 5.76 Å². The lowest BCUT2D eigenvalue weighted by molar-refractivity contribution is 0.0733. The predicted molar refractivity (Wildman–Crippen MR) is 106 cm³/mol. The Hall–Kier alpha value is -3.20. The summed E-state index contributed by atoms with van der Waals surface area (Å²) in [7, 11) is -3.82. The zero-order valence-electron chi connectivity index (χ0n) is 16.0. The maximum Gasteiger partial charge on any atom is 0.263 e. The van der Waals surface area contributed by atoms with Crippen LogP contribution in [0.2, 0.25) is 0 Å². The van der Waals surface area contributed by atoms with Crippen LogP contribution in [0.25, 0.3) is 0 Å². The van der Waals surface area contributed by atoms with E-state index in [0.717, 1.165) is 16.7 Å². The zero-order valence-corrected chi connectivity index (χ0v) is 16.9. The van der Waals surface area contributed by atoms with Crippen LogP contribution in [0.15, 0.2) is 52.1 Å². The normalized spacial score (nSPS) is 13.8. The average Bonchev–Trinajstić information content (AvgIpc) is 3.11. The second kappa shape index (κ2) is 7.32. The quantitative estimate of drug-likeness (QED) is 0.706. The van der Waals surface area contributed by atoms with Gasteiger partial charge < -0.3 is 9.42 Å². The second-order valence-corrected chi connectivity index (χ2v) is 8.71. The molecule has 0 unspecified atom stereocenters. The molecule has 29 heavy (non-hydrogen) atoms. The molecule has 0 fully saturated rings. The number of nitrogens with one attached hydrogen (secondary N) is 1. The molecule has 1 aliphatic rings. The van der Waals surface area contributed by atoms with E-state index in [1.165, 1.54) is 6.07 Å². The highest BCUT2D eigenvalue weighted by Gasteiger charge is 2.25. The first-order chi connectivity index (χ1) is 13.8. The van der Waals surface area contributed by atoms with Crippen LogP contribution in [0.4, 0.5) is 5.82 Å². The molecule has 0 radical (unpaired) electrons. The number of carbonyl (C=O) groups is 1. The summed E-state index contributed by atoms with van der Waals surface area (Å²) in [5.74, 6) is 0.530. The molecule has 0 saturated heterocycles. The van der Waals surface area contributed by atoms with Gasteiger partial charge in [0.15, 0.2) is 5.82 Å². The highest BCUT2D eigenvalue weighted by molar-refractivity contribution is 7.92. The summed E-state index contributed by atoms with van der Waals surface area (Å²) < 4.78 is 32.7. The number of benzene rings is 1. The molecule has 3 aromatic rings. The number of rotatable bonds is 4. The number of sulfonamides is 1. The molecule has 3 heterocycles. The van der Waals surface area contributed by atoms with E-state index in [1.807, 2.05) is 6.92 Å². The summed E-state index contributed by atoms with van der Waals surface area (Å²) in [5, 5.41) is 3.67. The minimum atomic E-state index is -3.82. The molecule has 8 nitrogen and oxygen atoms in total. The lowest BCUT2D eigenvalue weighted by Gasteiger charge is -2.29. The molecule has 1 amide bonds. The maximum absolute atomic E-state index is 12.9. The Labute approximate surface area is 168 Å². The fourth-order valence-electron chi connectivity index (χ4n) is 3.34. The Morgan fingerprint density at radius 2 is 2.00 bits per heavy atom. The van der Waals surface area contributed by atoms with E-state index in [1.54, 1.807) is 48.5 Å². The number of pyridine rings is 1. The Kier molecular flexibility index (Phi) is 4.83. The number of anilines is 1. The number of aryl methyl sites for hydroxylation is 2. The average molecular weight is 412 g/mol. The van der Waals surface area contributed by atoms with E-state index < -0.39 is 10.0 Å². The summed E-state index contributed by atoms with van der Waals surface area (Å²) in [6.07, 6.45) is 3.88. The van der Waals surface area contributed by atoms with E-state index >= 15 is 0 Å².